The molecule has 8 heteroatoms. The molecular formula is C20H17FN2O5. The van der Waals surface area contributed by atoms with Crippen molar-refractivity contribution in [3.63, 3.8) is 0 Å². The van der Waals surface area contributed by atoms with Crippen LogP contribution in [0.3, 0.4) is 0 Å². The predicted molar refractivity (Wildman–Crippen MR) is 98.7 cm³/mol. The van der Waals surface area contributed by atoms with E-state index in [1.807, 2.05) is 0 Å². The number of hydrogen-bond acceptors (Lipinski definition) is 6. The molecule has 2 amide bonds. The van der Waals surface area contributed by atoms with Gasteiger partial charge in [-0.15, -0.1) is 0 Å². The number of amides is 2. The van der Waals surface area contributed by atoms with Gasteiger partial charge in [-0.05, 0) is 35.4 Å². The van der Waals surface area contributed by atoms with Crippen LogP contribution in [0.4, 0.5) is 10.1 Å². The molecule has 0 radical (unpaired) electrons. The Labute approximate surface area is 160 Å². The number of nitrogens with one attached hydrogen (secondary N) is 1. The molecular weight excluding hydrogens is 367 g/mol. The lowest BCUT2D eigenvalue weighted by Gasteiger charge is -2.13. The molecule has 0 unspecified atom stereocenters. The van der Waals surface area contributed by atoms with Crippen molar-refractivity contribution in [2.24, 2.45) is 0 Å². The fraction of sp³-hybridized carbons (Fsp3) is 0.150. The molecule has 0 saturated heterocycles. The highest BCUT2D eigenvalue weighted by Crippen LogP contribution is 2.25. The highest BCUT2D eigenvalue weighted by atomic mass is 19.1. The largest absolute Gasteiger partial charge is 0.465 e. The smallest absolute Gasteiger partial charge is 0.340 e. The van der Waals surface area contributed by atoms with E-state index in [4.69, 9.17) is 5.11 Å². The third-order valence-corrected chi connectivity index (χ3v) is 4.20. The van der Waals surface area contributed by atoms with Crippen molar-refractivity contribution in [1.82, 2.24) is 4.90 Å². The number of carbonyl (C=O) groups is 3. The Morgan fingerprint density at radius 1 is 1.14 bits per heavy atom. The molecule has 0 aromatic heterocycles. The maximum Gasteiger partial charge on any atom is 0.340 e. The van der Waals surface area contributed by atoms with Gasteiger partial charge in [0.2, 0.25) is 0 Å². The number of aliphatic hydroxyl groups excluding tert-OH is 1. The Hall–Kier alpha value is -3.52. The lowest BCUT2D eigenvalue weighted by Crippen LogP contribution is -2.34. The first-order chi connectivity index (χ1) is 13.4. The number of rotatable bonds is 6. The van der Waals surface area contributed by atoms with Crippen LogP contribution in [-0.4, -0.2) is 48.1 Å². The first-order valence-corrected chi connectivity index (χ1v) is 8.38. The van der Waals surface area contributed by atoms with Crippen LogP contribution in [0, 0.1) is 5.82 Å². The predicted octanol–water partition coefficient (Wildman–Crippen LogP) is 1.94. The molecule has 0 bridgehead atoms. The molecule has 0 atom stereocenters. The SMILES string of the molecule is COC(=O)c1ccc(-c2ccc(NC3=CC(=O)N(CCO)C3=O)cc2)cc1F. The van der Waals surface area contributed by atoms with Crippen molar-refractivity contribution in [1.29, 1.82) is 0 Å². The highest BCUT2D eigenvalue weighted by Gasteiger charge is 2.30. The molecule has 2 aromatic carbocycles. The van der Waals surface area contributed by atoms with Crippen LogP contribution >= 0.6 is 0 Å². The lowest BCUT2D eigenvalue weighted by atomic mass is 10.0. The Morgan fingerprint density at radius 3 is 2.43 bits per heavy atom. The standard InChI is InChI=1S/C20H17FN2O5/c1-28-20(27)15-7-4-13(10-16(15)21)12-2-5-14(6-3-12)22-17-11-18(25)23(8-9-24)19(17)26/h2-7,10-11,22,24H,8-9H2,1H3. The van der Waals surface area contributed by atoms with Gasteiger partial charge in [0.25, 0.3) is 11.8 Å². The topological polar surface area (TPSA) is 95.9 Å². The second-order valence-corrected chi connectivity index (χ2v) is 5.97. The van der Waals surface area contributed by atoms with Crippen LogP contribution in [0.15, 0.2) is 54.2 Å². The number of esters is 1. The fourth-order valence-electron chi connectivity index (χ4n) is 2.78. The van der Waals surface area contributed by atoms with E-state index in [2.05, 4.69) is 10.1 Å². The number of methoxy groups -OCH3 is 1. The van der Waals surface area contributed by atoms with E-state index in [-0.39, 0.29) is 24.4 Å². The van der Waals surface area contributed by atoms with Crippen LogP contribution in [0.5, 0.6) is 0 Å². The minimum atomic E-state index is -0.747. The van der Waals surface area contributed by atoms with Crippen molar-refractivity contribution >= 4 is 23.5 Å². The quantitative estimate of drug-likeness (QED) is 0.584. The summed E-state index contributed by atoms with van der Waals surface area (Å²) in [4.78, 5) is 36.3. The Kier molecular flexibility index (Phi) is 5.51. The number of β-amino-alcohol motifs (C(OH)–C–C–N with tert-alkyl or cyclic N) is 1. The average molecular weight is 384 g/mol. The molecule has 0 fully saturated rings. The molecule has 1 aliphatic rings. The minimum Gasteiger partial charge on any atom is -0.465 e. The van der Waals surface area contributed by atoms with Crippen molar-refractivity contribution in [2.45, 2.75) is 0 Å². The first kappa shape index (κ1) is 19.2. The molecule has 2 N–H and O–H groups in total. The summed E-state index contributed by atoms with van der Waals surface area (Å²) in [7, 11) is 1.18. The zero-order valence-electron chi connectivity index (χ0n) is 14.9. The third-order valence-electron chi connectivity index (χ3n) is 4.20. The van der Waals surface area contributed by atoms with E-state index < -0.39 is 23.6 Å². The Morgan fingerprint density at radius 2 is 1.82 bits per heavy atom. The summed E-state index contributed by atoms with van der Waals surface area (Å²) < 4.78 is 18.6. The summed E-state index contributed by atoms with van der Waals surface area (Å²) in [6, 6.07) is 11.0. The number of hydrogen-bond donors (Lipinski definition) is 2. The maximum absolute atomic E-state index is 14.1. The molecule has 3 rings (SSSR count). The summed E-state index contributed by atoms with van der Waals surface area (Å²) in [5, 5.41) is 11.8. The van der Waals surface area contributed by atoms with E-state index in [0.717, 1.165) is 4.90 Å². The fourth-order valence-corrected chi connectivity index (χ4v) is 2.78. The second-order valence-electron chi connectivity index (χ2n) is 5.97. The van der Waals surface area contributed by atoms with Crippen LogP contribution in [0.25, 0.3) is 11.1 Å². The molecule has 144 valence electrons. The number of aliphatic hydroxyl groups is 1. The van der Waals surface area contributed by atoms with Gasteiger partial charge >= 0.3 is 5.97 Å². The number of anilines is 1. The molecule has 0 spiro atoms. The van der Waals surface area contributed by atoms with Gasteiger partial charge in [-0.25, -0.2) is 9.18 Å². The van der Waals surface area contributed by atoms with Gasteiger partial charge in [-0.1, -0.05) is 18.2 Å². The zero-order valence-corrected chi connectivity index (χ0v) is 14.9. The number of ether oxygens (including phenoxy) is 1. The minimum absolute atomic E-state index is 0.0641. The van der Waals surface area contributed by atoms with Gasteiger partial charge in [-0.3, -0.25) is 14.5 Å². The number of carbonyl (C=O) groups excluding carboxylic acids is 3. The first-order valence-electron chi connectivity index (χ1n) is 8.38. The van der Waals surface area contributed by atoms with Crippen molar-refractivity contribution in [3.05, 3.63) is 65.6 Å². The van der Waals surface area contributed by atoms with E-state index in [1.54, 1.807) is 30.3 Å². The second kappa shape index (κ2) is 8.01. The molecule has 7 nitrogen and oxygen atoms in total. The third kappa shape index (κ3) is 3.77. The van der Waals surface area contributed by atoms with Crippen molar-refractivity contribution < 1.29 is 28.6 Å². The zero-order chi connectivity index (χ0) is 20.3. The van der Waals surface area contributed by atoms with Gasteiger partial charge in [0.1, 0.15) is 11.5 Å². The monoisotopic (exact) mass is 384 g/mol. The summed E-state index contributed by atoms with van der Waals surface area (Å²) in [6.45, 7) is -0.371. The summed E-state index contributed by atoms with van der Waals surface area (Å²) >= 11 is 0. The summed E-state index contributed by atoms with van der Waals surface area (Å²) in [6.07, 6.45) is 1.17. The highest BCUT2D eigenvalue weighted by molar-refractivity contribution is 6.17. The van der Waals surface area contributed by atoms with E-state index in [0.29, 0.717) is 16.8 Å². The van der Waals surface area contributed by atoms with Crippen LogP contribution in [0.2, 0.25) is 0 Å². The van der Waals surface area contributed by atoms with Gasteiger partial charge in [-0.2, -0.15) is 0 Å². The normalized spacial score (nSPS) is 13.5. The van der Waals surface area contributed by atoms with Gasteiger partial charge in [0.05, 0.1) is 25.8 Å². The molecule has 1 aliphatic heterocycles. The van der Waals surface area contributed by atoms with Gasteiger partial charge in [0.15, 0.2) is 0 Å². The number of halogens is 1. The van der Waals surface area contributed by atoms with Crippen LogP contribution in [0.1, 0.15) is 10.4 Å². The molecule has 2 aromatic rings. The Balaban J connectivity index is 1.75. The number of nitrogens with zero attached hydrogens (tertiary/aromatic N) is 1. The van der Waals surface area contributed by atoms with Crippen molar-refractivity contribution in [2.75, 3.05) is 25.6 Å². The molecule has 0 saturated carbocycles. The van der Waals surface area contributed by atoms with Gasteiger partial charge in [0, 0.05) is 11.8 Å². The summed E-state index contributed by atoms with van der Waals surface area (Å²) in [5.74, 6) is -2.43. The number of benzene rings is 2. The molecule has 1 heterocycles. The van der Waals surface area contributed by atoms with Crippen LogP contribution in [-0.2, 0) is 14.3 Å². The Bertz CT molecular complexity index is 969. The van der Waals surface area contributed by atoms with E-state index in [9.17, 15) is 18.8 Å². The molecule has 28 heavy (non-hydrogen) atoms. The lowest BCUT2D eigenvalue weighted by molar-refractivity contribution is -0.137. The average Bonchev–Trinajstić information content (AvgIpc) is 2.95. The van der Waals surface area contributed by atoms with E-state index in [1.165, 1.54) is 25.3 Å². The number of imide groups is 1. The molecule has 0 aliphatic carbocycles. The van der Waals surface area contributed by atoms with Gasteiger partial charge < -0.3 is 15.2 Å². The maximum atomic E-state index is 14.1. The van der Waals surface area contributed by atoms with Crippen molar-refractivity contribution in [3.8, 4) is 11.1 Å². The summed E-state index contributed by atoms with van der Waals surface area (Å²) in [5.41, 5.74) is 1.80. The van der Waals surface area contributed by atoms with Crippen LogP contribution < -0.4 is 5.32 Å². The van der Waals surface area contributed by atoms with E-state index >= 15 is 0 Å².